The quantitative estimate of drug-likeness (QED) is 0.555. The molecule has 2 N–H and O–H groups in total. The summed E-state index contributed by atoms with van der Waals surface area (Å²) in [6, 6.07) is 12.5. The number of amidine groups is 1. The Kier molecular flexibility index (Phi) is 2.42. The average Bonchev–Trinajstić information content (AvgIpc) is 2.27. The van der Waals surface area contributed by atoms with Crippen molar-refractivity contribution in [2.45, 2.75) is 6.92 Å². The maximum Gasteiger partial charge on any atom is 0.125 e. The van der Waals surface area contributed by atoms with Crippen LogP contribution in [-0.4, -0.2) is 12.9 Å². The van der Waals surface area contributed by atoms with Crippen molar-refractivity contribution in [3.63, 3.8) is 0 Å². The molecule has 0 aromatic heterocycles. The van der Waals surface area contributed by atoms with Gasteiger partial charge in [0.2, 0.25) is 0 Å². The number of nitrogens with two attached hydrogens (primary N) is 1. The number of aryl methyl sites for hydroxylation is 1. The van der Waals surface area contributed by atoms with Gasteiger partial charge < -0.3 is 5.73 Å². The van der Waals surface area contributed by atoms with Gasteiger partial charge in [-0.1, -0.05) is 35.9 Å². The number of fused-ring (bicyclic) bond motifs is 1. The first-order valence-electron chi connectivity index (χ1n) is 4.94. The molecule has 0 unspecified atom stereocenters. The highest BCUT2D eigenvalue weighted by molar-refractivity contribution is 6.01. The Morgan fingerprint density at radius 2 is 1.73 bits per heavy atom. The molecule has 0 saturated heterocycles. The number of aliphatic imine (C=N–C) groups is 1. The highest BCUT2D eigenvalue weighted by Crippen LogP contribution is 2.17. The summed E-state index contributed by atoms with van der Waals surface area (Å²) in [4.78, 5) is 3.98. The van der Waals surface area contributed by atoms with E-state index < -0.39 is 0 Å². The number of nitrogens with zero attached hydrogens (tertiary/aromatic N) is 1. The third-order valence-corrected chi connectivity index (χ3v) is 2.53. The highest BCUT2D eigenvalue weighted by Gasteiger charge is 1.99. The van der Waals surface area contributed by atoms with Crippen LogP contribution in [0.5, 0.6) is 0 Å². The lowest BCUT2D eigenvalue weighted by Crippen LogP contribution is -2.12. The first kappa shape index (κ1) is 9.71. The maximum atomic E-state index is 5.77. The smallest absolute Gasteiger partial charge is 0.125 e. The molecular formula is C13H14N2. The SMILES string of the molecule is CN=C(N)c1ccc2cc(C)ccc2c1. The Morgan fingerprint density at radius 1 is 1.07 bits per heavy atom. The Bertz CT molecular complexity index is 527. The minimum Gasteiger partial charge on any atom is -0.384 e. The van der Waals surface area contributed by atoms with Gasteiger partial charge in [0, 0.05) is 12.6 Å². The van der Waals surface area contributed by atoms with E-state index in [9.17, 15) is 0 Å². The van der Waals surface area contributed by atoms with Crippen LogP contribution in [0, 0.1) is 6.92 Å². The van der Waals surface area contributed by atoms with E-state index >= 15 is 0 Å². The summed E-state index contributed by atoms with van der Waals surface area (Å²) in [5.74, 6) is 0.581. The number of rotatable bonds is 1. The van der Waals surface area contributed by atoms with E-state index in [1.165, 1.54) is 16.3 Å². The van der Waals surface area contributed by atoms with Crippen molar-refractivity contribution in [1.82, 2.24) is 0 Å². The van der Waals surface area contributed by atoms with Gasteiger partial charge in [-0.15, -0.1) is 0 Å². The Hall–Kier alpha value is -1.83. The maximum absolute atomic E-state index is 5.77. The van der Waals surface area contributed by atoms with E-state index in [0.29, 0.717) is 5.84 Å². The van der Waals surface area contributed by atoms with E-state index in [1.807, 2.05) is 6.07 Å². The number of hydrogen-bond donors (Lipinski definition) is 1. The molecule has 2 nitrogen and oxygen atoms in total. The molecule has 0 spiro atoms. The molecule has 0 saturated carbocycles. The third-order valence-electron chi connectivity index (χ3n) is 2.53. The van der Waals surface area contributed by atoms with Gasteiger partial charge in [-0.25, -0.2) is 0 Å². The fourth-order valence-corrected chi connectivity index (χ4v) is 1.65. The zero-order valence-electron chi connectivity index (χ0n) is 8.99. The summed E-state index contributed by atoms with van der Waals surface area (Å²) in [6.07, 6.45) is 0. The van der Waals surface area contributed by atoms with Crippen molar-refractivity contribution < 1.29 is 0 Å². The summed E-state index contributed by atoms with van der Waals surface area (Å²) in [6.45, 7) is 2.09. The van der Waals surface area contributed by atoms with Crippen LogP contribution in [0.1, 0.15) is 11.1 Å². The lowest BCUT2D eigenvalue weighted by molar-refractivity contribution is 1.39. The molecule has 0 bridgehead atoms. The van der Waals surface area contributed by atoms with Crippen LogP contribution >= 0.6 is 0 Å². The van der Waals surface area contributed by atoms with Crippen LogP contribution in [0.15, 0.2) is 41.4 Å². The molecule has 2 aromatic carbocycles. The van der Waals surface area contributed by atoms with E-state index in [-0.39, 0.29) is 0 Å². The molecule has 0 heterocycles. The monoisotopic (exact) mass is 198 g/mol. The van der Waals surface area contributed by atoms with E-state index in [4.69, 9.17) is 5.73 Å². The van der Waals surface area contributed by atoms with E-state index in [0.717, 1.165) is 5.56 Å². The summed E-state index contributed by atoms with van der Waals surface area (Å²) in [7, 11) is 1.70. The summed E-state index contributed by atoms with van der Waals surface area (Å²) in [5.41, 5.74) is 8.02. The van der Waals surface area contributed by atoms with Crippen LogP contribution in [0.25, 0.3) is 10.8 Å². The molecular weight excluding hydrogens is 184 g/mol. The molecule has 0 aliphatic heterocycles. The highest BCUT2D eigenvalue weighted by atomic mass is 14.8. The van der Waals surface area contributed by atoms with Crippen molar-refractivity contribution in [3.8, 4) is 0 Å². The van der Waals surface area contributed by atoms with Gasteiger partial charge in [0.05, 0.1) is 0 Å². The second-order valence-electron chi connectivity index (χ2n) is 3.67. The molecule has 0 amide bonds. The van der Waals surface area contributed by atoms with Gasteiger partial charge in [0.25, 0.3) is 0 Å². The predicted molar refractivity (Wildman–Crippen MR) is 65.3 cm³/mol. The largest absolute Gasteiger partial charge is 0.384 e. The summed E-state index contributed by atoms with van der Waals surface area (Å²) in [5, 5.41) is 2.44. The zero-order chi connectivity index (χ0) is 10.8. The summed E-state index contributed by atoms with van der Waals surface area (Å²) < 4.78 is 0. The van der Waals surface area contributed by atoms with Crippen LogP contribution in [0.3, 0.4) is 0 Å². The molecule has 76 valence electrons. The van der Waals surface area contributed by atoms with Crippen molar-refractivity contribution in [2.75, 3.05) is 7.05 Å². The van der Waals surface area contributed by atoms with Gasteiger partial charge in [-0.05, 0) is 23.8 Å². The van der Waals surface area contributed by atoms with Crippen molar-refractivity contribution in [3.05, 3.63) is 47.5 Å². The molecule has 0 aliphatic carbocycles. The van der Waals surface area contributed by atoms with Gasteiger partial charge in [0.15, 0.2) is 0 Å². The lowest BCUT2D eigenvalue weighted by atomic mass is 10.0. The van der Waals surface area contributed by atoms with Crippen molar-refractivity contribution >= 4 is 16.6 Å². The Balaban J connectivity index is 2.62. The molecule has 0 fully saturated rings. The topological polar surface area (TPSA) is 38.4 Å². The van der Waals surface area contributed by atoms with Crippen molar-refractivity contribution in [1.29, 1.82) is 0 Å². The molecule has 2 rings (SSSR count). The van der Waals surface area contributed by atoms with Gasteiger partial charge in [-0.3, -0.25) is 4.99 Å². The Morgan fingerprint density at radius 3 is 2.47 bits per heavy atom. The van der Waals surface area contributed by atoms with Gasteiger partial charge >= 0.3 is 0 Å². The first-order chi connectivity index (χ1) is 7.20. The van der Waals surface area contributed by atoms with Crippen LogP contribution < -0.4 is 5.73 Å². The normalized spacial score (nSPS) is 12.0. The van der Waals surface area contributed by atoms with Gasteiger partial charge in [-0.2, -0.15) is 0 Å². The fourth-order valence-electron chi connectivity index (χ4n) is 1.65. The second-order valence-corrected chi connectivity index (χ2v) is 3.67. The molecule has 0 atom stereocenters. The van der Waals surface area contributed by atoms with Crippen LogP contribution in [0.4, 0.5) is 0 Å². The fraction of sp³-hybridized carbons (Fsp3) is 0.154. The molecule has 15 heavy (non-hydrogen) atoms. The first-order valence-corrected chi connectivity index (χ1v) is 4.94. The second kappa shape index (κ2) is 3.73. The minimum atomic E-state index is 0.581. The third kappa shape index (κ3) is 1.84. The van der Waals surface area contributed by atoms with E-state index in [1.54, 1.807) is 7.05 Å². The predicted octanol–water partition coefficient (Wildman–Crippen LogP) is 2.48. The lowest BCUT2D eigenvalue weighted by Gasteiger charge is -2.03. The summed E-state index contributed by atoms with van der Waals surface area (Å²) >= 11 is 0. The zero-order valence-corrected chi connectivity index (χ0v) is 8.99. The minimum absolute atomic E-state index is 0.581. The number of hydrogen-bond acceptors (Lipinski definition) is 1. The van der Waals surface area contributed by atoms with Crippen molar-refractivity contribution in [2.24, 2.45) is 10.7 Å². The average molecular weight is 198 g/mol. The molecule has 0 aliphatic rings. The van der Waals surface area contributed by atoms with Crippen LogP contribution in [0.2, 0.25) is 0 Å². The van der Waals surface area contributed by atoms with Gasteiger partial charge in [0.1, 0.15) is 5.84 Å². The standard InChI is InChI=1S/C13H14N2/c1-9-3-4-11-8-12(13(14)15-2)6-5-10(11)7-9/h3-8H,1-2H3,(H2,14,15). The Labute approximate surface area is 89.4 Å². The molecule has 0 radical (unpaired) electrons. The van der Waals surface area contributed by atoms with Crippen LogP contribution in [-0.2, 0) is 0 Å². The molecule has 2 aromatic rings. The molecule has 2 heteroatoms. The number of benzene rings is 2. The van der Waals surface area contributed by atoms with E-state index in [2.05, 4.69) is 42.2 Å².